The van der Waals surface area contributed by atoms with Crippen molar-refractivity contribution in [2.24, 2.45) is 0 Å². The number of carbonyl (C=O) groups is 2. The minimum absolute atomic E-state index is 0.114. The molecule has 6 nitrogen and oxygen atoms in total. The molecule has 2 amide bonds. The van der Waals surface area contributed by atoms with Gasteiger partial charge in [-0.25, -0.2) is 4.98 Å². The number of amides is 2. The average Bonchev–Trinajstić information content (AvgIpc) is 2.91. The lowest BCUT2D eigenvalue weighted by atomic mass is 9.93. The number of hydrogen-bond acceptors (Lipinski definition) is 4. The molecule has 30 heavy (non-hydrogen) atoms. The Morgan fingerprint density at radius 3 is 2.73 bits per heavy atom. The monoisotopic (exact) mass is 440 g/mol. The standard InChI is InChI=1S/C22H18Cl2N4O2/c1-22(2)18-9-14(23)5-6-16(18)21(30)28(22)15-8-13(10-25-12-15)11-27-20(29)17-4-3-7-26-19(17)24/h3-10,12H,11H2,1-2H3,(H,27,29). The Balaban J connectivity index is 1.58. The fourth-order valence-corrected chi connectivity index (χ4v) is 4.05. The normalized spacial score (nSPS) is 14.5. The fourth-order valence-electron chi connectivity index (χ4n) is 3.67. The van der Waals surface area contributed by atoms with Gasteiger partial charge in [0.1, 0.15) is 5.15 Å². The Hall–Kier alpha value is -2.96. The zero-order valence-corrected chi connectivity index (χ0v) is 17.8. The van der Waals surface area contributed by atoms with E-state index in [2.05, 4.69) is 15.3 Å². The van der Waals surface area contributed by atoms with Crippen LogP contribution in [0.4, 0.5) is 5.69 Å². The second kappa shape index (κ2) is 7.70. The third kappa shape index (κ3) is 3.53. The lowest BCUT2D eigenvalue weighted by Crippen LogP contribution is -2.39. The zero-order chi connectivity index (χ0) is 21.5. The first kappa shape index (κ1) is 20.3. The molecule has 0 aliphatic carbocycles. The van der Waals surface area contributed by atoms with Crippen molar-refractivity contribution in [1.82, 2.24) is 15.3 Å². The van der Waals surface area contributed by atoms with Gasteiger partial charge in [-0.15, -0.1) is 0 Å². The van der Waals surface area contributed by atoms with Gasteiger partial charge >= 0.3 is 0 Å². The van der Waals surface area contributed by atoms with E-state index in [9.17, 15) is 9.59 Å². The van der Waals surface area contributed by atoms with Gasteiger partial charge in [-0.1, -0.05) is 23.2 Å². The van der Waals surface area contributed by atoms with E-state index in [1.54, 1.807) is 41.6 Å². The highest BCUT2D eigenvalue weighted by atomic mass is 35.5. The highest BCUT2D eigenvalue weighted by molar-refractivity contribution is 6.32. The van der Waals surface area contributed by atoms with Crippen LogP contribution in [0.15, 0.2) is 55.0 Å². The predicted molar refractivity (Wildman–Crippen MR) is 116 cm³/mol. The van der Waals surface area contributed by atoms with E-state index < -0.39 is 5.54 Å². The van der Waals surface area contributed by atoms with Crippen LogP contribution in [0.1, 0.15) is 45.7 Å². The van der Waals surface area contributed by atoms with Crippen LogP contribution in [-0.2, 0) is 12.1 Å². The molecule has 0 bridgehead atoms. The lowest BCUT2D eigenvalue weighted by molar-refractivity contribution is 0.0948. The van der Waals surface area contributed by atoms with E-state index >= 15 is 0 Å². The molecular formula is C22H18Cl2N4O2. The third-order valence-electron chi connectivity index (χ3n) is 5.13. The summed E-state index contributed by atoms with van der Waals surface area (Å²) in [5, 5.41) is 3.53. The smallest absolute Gasteiger partial charge is 0.259 e. The highest BCUT2D eigenvalue weighted by Crippen LogP contribution is 2.42. The molecule has 1 aliphatic rings. The summed E-state index contributed by atoms with van der Waals surface area (Å²) >= 11 is 12.1. The predicted octanol–water partition coefficient (Wildman–Crippen LogP) is 4.61. The van der Waals surface area contributed by atoms with E-state index in [4.69, 9.17) is 23.2 Å². The largest absolute Gasteiger partial charge is 0.348 e. The van der Waals surface area contributed by atoms with E-state index in [1.807, 2.05) is 26.0 Å². The number of carbonyl (C=O) groups excluding carboxylic acids is 2. The van der Waals surface area contributed by atoms with Crippen molar-refractivity contribution in [1.29, 1.82) is 0 Å². The molecule has 8 heteroatoms. The molecule has 0 fully saturated rings. The summed E-state index contributed by atoms with van der Waals surface area (Å²) in [6.07, 6.45) is 4.80. The average molecular weight is 441 g/mol. The van der Waals surface area contributed by atoms with Crippen molar-refractivity contribution in [3.63, 3.8) is 0 Å². The second-order valence-corrected chi connectivity index (χ2v) is 8.26. The fraction of sp³-hybridized carbons (Fsp3) is 0.182. The van der Waals surface area contributed by atoms with Crippen LogP contribution in [0.2, 0.25) is 10.2 Å². The van der Waals surface area contributed by atoms with Gasteiger partial charge in [0.05, 0.1) is 23.0 Å². The zero-order valence-electron chi connectivity index (χ0n) is 16.3. The van der Waals surface area contributed by atoms with Crippen LogP contribution in [0, 0.1) is 0 Å². The number of aromatic nitrogens is 2. The van der Waals surface area contributed by atoms with Crippen LogP contribution >= 0.6 is 23.2 Å². The Kier molecular flexibility index (Phi) is 5.22. The topological polar surface area (TPSA) is 75.2 Å². The lowest BCUT2D eigenvalue weighted by Gasteiger charge is -2.32. The molecule has 0 atom stereocenters. The summed E-state index contributed by atoms with van der Waals surface area (Å²) in [6, 6.07) is 10.4. The Morgan fingerprint density at radius 1 is 1.17 bits per heavy atom. The molecule has 152 valence electrons. The van der Waals surface area contributed by atoms with Gasteiger partial charge < -0.3 is 5.32 Å². The van der Waals surface area contributed by atoms with E-state index in [1.165, 1.54) is 6.20 Å². The molecule has 0 saturated heterocycles. The summed E-state index contributed by atoms with van der Waals surface area (Å²) in [7, 11) is 0. The Bertz CT molecular complexity index is 1160. The summed E-state index contributed by atoms with van der Waals surface area (Å²) in [5.41, 5.74) is 2.58. The van der Waals surface area contributed by atoms with E-state index in [0.29, 0.717) is 21.8 Å². The quantitative estimate of drug-likeness (QED) is 0.601. The number of nitrogens with one attached hydrogen (secondary N) is 1. The molecule has 1 aromatic carbocycles. The van der Waals surface area contributed by atoms with Crippen LogP contribution in [0.5, 0.6) is 0 Å². The van der Waals surface area contributed by atoms with Gasteiger partial charge in [-0.3, -0.25) is 19.5 Å². The third-order valence-corrected chi connectivity index (χ3v) is 5.66. The van der Waals surface area contributed by atoms with Crippen LogP contribution < -0.4 is 10.2 Å². The van der Waals surface area contributed by atoms with Crippen molar-refractivity contribution in [3.05, 3.63) is 87.4 Å². The number of rotatable bonds is 4. The summed E-state index contributed by atoms with van der Waals surface area (Å²) in [6.45, 7) is 4.16. The van der Waals surface area contributed by atoms with Gasteiger partial charge in [-0.05, 0) is 61.4 Å². The molecular weight excluding hydrogens is 423 g/mol. The van der Waals surface area contributed by atoms with Crippen LogP contribution in [0.25, 0.3) is 0 Å². The number of hydrogen-bond donors (Lipinski definition) is 1. The van der Waals surface area contributed by atoms with Crippen molar-refractivity contribution >= 4 is 40.7 Å². The first-order valence-electron chi connectivity index (χ1n) is 9.26. The molecule has 0 spiro atoms. The molecule has 2 aromatic heterocycles. The SMILES string of the molecule is CC1(C)c2cc(Cl)ccc2C(=O)N1c1cncc(CNC(=O)c2cccnc2Cl)c1. The van der Waals surface area contributed by atoms with Crippen molar-refractivity contribution in [2.45, 2.75) is 25.9 Å². The van der Waals surface area contributed by atoms with Gasteiger partial charge in [0.15, 0.2) is 0 Å². The van der Waals surface area contributed by atoms with Crippen LogP contribution in [-0.4, -0.2) is 21.8 Å². The maximum atomic E-state index is 13.1. The molecule has 3 heterocycles. The number of fused-ring (bicyclic) bond motifs is 1. The first-order valence-corrected chi connectivity index (χ1v) is 10.0. The maximum Gasteiger partial charge on any atom is 0.259 e. The first-order chi connectivity index (χ1) is 14.3. The maximum absolute atomic E-state index is 13.1. The molecule has 0 unspecified atom stereocenters. The highest BCUT2D eigenvalue weighted by Gasteiger charge is 2.44. The van der Waals surface area contributed by atoms with Crippen molar-refractivity contribution in [2.75, 3.05) is 4.90 Å². The van der Waals surface area contributed by atoms with Crippen LogP contribution in [0.3, 0.4) is 0 Å². The van der Waals surface area contributed by atoms with Crippen molar-refractivity contribution < 1.29 is 9.59 Å². The molecule has 1 aliphatic heterocycles. The number of pyridine rings is 2. The molecule has 0 radical (unpaired) electrons. The minimum Gasteiger partial charge on any atom is -0.348 e. The minimum atomic E-state index is -0.593. The number of anilines is 1. The Morgan fingerprint density at radius 2 is 1.97 bits per heavy atom. The summed E-state index contributed by atoms with van der Waals surface area (Å²) < 4.78 is 0. The number of halogens is 2. The summed E-state index contributed by atoms with van der Waals surface area (Å²) in [5.74, 6) is -0.449. The van der Waals surface area contributed by atoms with Crippen molar-refractivity contribution in [3.8, 4) is 0 Å². The van der Waals surface area contributed by atoms with E-state index in [-0.39, 0.29) is 23.5 Å². The number of nitrogens with zero attached hydrogens (tertiary/aromatic N) is 3. The van der Waals surface area contributed by atoms with Gasteiger partial charge in [-0.2, -0.15) is 0 Å². The van der Waals surface area contributed by atoms with Gasteiger partial charge in [0, 0.05) is 29.5 Å². The number of benzene rings is 1. The summed E-state index contributed by atoms with van der Waals surface area (Å²) in [4.78, 5) is 35.3. The molecule has 3 aromatic rings. The van der Waals surface area contributed by atoms with E-state index in [0.717, 1.165) is 11.1 Å². The molecule has 4 rings (SSSR count). The molecule has 1 N–H and O–H groups in total. The van der Waals surface area contributed by atoms with Gasteiger partial charge in [0.2, 0.25) is 0 Å². The molecule has 0 saturated carbocycles. The van der Waals surface area contributed by atoms with Gasteiger partial charge in [0.25, 0.3) is 11.8 Å². The second-order valence-electron chi connectivity index (χ2n) is 7.47. The Labute approximate surface area is 183 Å².